The monoisotopic (exact) mass is 202 g/mol. The fraction of sp³-hybridized carbons (Fsp3) is 0.778. The molecule has 0 aromatic heterocycles. The van der Waals surface area contributed by atoms with Gasteiger partial charge in [0.2, 0.25) is 5.91 Å². The minimum absolute atomic E-state index is 0.0136. The maximum absolute atomic E-state index is 11.4. The van der Waals surface area contributed by atoms with Gasteiger partial charge in [-0.3, -0.25) is 19.6 Å². The van der Waals surface area contributed by atoms with Crippen LogP contribution in [-0.2, 0) is 14.3 Å². The summed E-state index contributed by atoms with van der Waals surface area (Å²) in [6.07, 6.45) is 1.22. The van der Waals surface area contributed by atoms with E-state index in [9.17, 15) is 9.59 Å². The lowest BCUT2D eigenvalue weighted by atomic mass is 10.3. The maximum Gasteiger partial charge on any atom is 0.266 e. The Balaban J connectivity index is 4.16. The van der Waals surface area contributed by atoms with Gasteiger partial charge in [-0.05, 0) is 6.42 Å². The summed E-state index contributed by atoms with van der Waals surface area (Å²) >= 11 is 0. The van der Waals surface area contributed by atoms with E-state index in [1.54, 1.807) is 14.1 Å². The van der Waals surface area contributed by atoms with Crippen molar-refractivity contribution in [3.8, 4) is 0 Å². The lowest BCUT2D eigenvalue weighted by molar-refractivity contribution is -0.160. The summed E-state index contributed by atoms with van der Waals surface area (Å²) in [7, 11) is 4.57. The normalized spacial score (nSPS) is 9.71. The highest BCUT2D eigenvalue weighted by atomic mass is 16.5. The molecular formula is C9H18N2O3. The molecule has 0 aliphatic heterocycles. The zero-order valence-electron chi connectivity index (χ0n) is 9.24. The predicted octanol–water partition coefficient (Wildman–Crippen LogP) is 0.265. The van der Waals surface area contributed by atoms with Crippen LogP contribution < -0.4 is 0 Å². The van der Waals surface area contributed by atoms with E-state index in [4.69, 9.17) is 0 Å². The van der Waals surface area contributed by atoms with Crippen molar-refractivity contribution in [2.45, 2.75) is 19.8 Å². The molecular weight excluding hydrogens is 184 g/mol. The number of nitrogens with zero attached hydrogens (tertiary/aromatic N) is 2. The number of carbonyl (C=O) groups is 2. The van der Waals surface area contributed by atoms with Crippen molar-refractivity contribution in [3.63, 3.8) is 0 Å². The molecule has 0 aliphatic carbocycles. The van der Waals surface area contributed by atoms with Crippen LogP contribution in [0.5, 0.6) is 0 Å². The highest BCUT2D eigenvalue weighted by Crippen LogP contribution is 1.98. The van der Waals surface area contributed by atoms with Crippen molar-refractivity contribution in [1.29, 1.82) is 0 Å². The van der Waals surface area contributed by atoms with Crippen LogP contribution in [0.3, 0.4) is 0 Å². The first-order valence-electron chi connectivity index (χ1n) is 4.56. The number of likely N-dealkylation sites (N-methyl/N-ethyl adjacent to an activating group) is 1. The zero-order chi connectivity index (χ0) is 11.1. The minimum atomic E-state index is -0.237. The quantitative estimate of drug-likeness (QED) is 0.615. The van der Waals surface area contributed by atoms with E-state index in [2.05, 4.69) is 4.74 Å². The minimum Gasteiger partial charge on any atom is -0.375 e. The molecule has 0 unspecified atom stereocenters. The molecule has 0 radical (unpaired) electrons. The van der Waals surface area contributed by atoms with Gasteiger partial charge in [-0.1, -0.05) is 6.92 Å². The van der Waals surface area contributed by atoms with E-state index in [0.29, 0.717) is 6.42 Å². The van der Waals surface area contributed by atoms with Gasteiger partial charge < -0.3 is 4.74 Å². The van der Waals surface area contributed by atoms with Crippen molar-refractivity contribution < 1.29 is 14.3 Å². The van der Waals surface area contributed by atoms with Crippen LogP contribution in [-0.4, -0.2) is 49.6 Å². The Kier molecular flexibility index (Phi) is 5.87. The van der Waals surface area contributed by atoms with Crippen LogP contribution in [0.2, 0.25) is 0 Å². The average Bonchev–Trinajstić information content (AvgIpc) is 2.16. The Hall–Kier alpha value is -1.10. The number of amides is 2. The number of hydrogen-bond donors (Lipinski definition) is 0. The van der Waals surface area contributed by atoms with E-state index in [-0.39, 0.29) is 18.4 Å². The first kappa shape index (κ1) is 12.9. The molecule has 14 heavy (non-hydrogen) atoms. The fourth-order valence-corrected chi connectivity index (χ4v) is 0.927. The highest BCUT2D eigenvalue weighted by Gasteiger charge is 2.17. The third-order valence-electron chi connectivity index (χ3n) is 1.90. The molecule has 0 aliphatic rings. The Morgan fingerprint density at radius 1 is 1.14 bits per heavy atom. The molecule has 0 aromatic carbocycles. The Bertz CT molecular complexity index is 184. The van der Waals surface area contributed by atoms with Gasteiger partial charge in [-0.25, -0.2) is 0 Å². The smallest absolute Gasteiger partial charge is 0.266 e. The Morgan fingerprint density at radius 2 is 1.64 bits per heavy atom. The molecule has 0 bridgehead atoms. The predicted molar refractivity (Wildman–Crippen MR) is 52.3 cm³/mol. The molecule has 0 heterocycles. The van der Waals surface area contributed by atoms with Crippen LogP contribution in [0.15, 0.2) is 0 Å². The Labute approximate surface area is 84.6 Å². The first-order chi connectivity index (χ1) is 6.54. The topological polar surface area (TPSA) is 49.9 Å². The second-order valence-corrected chi connectivity index (χ2v) is 3.02. The molecule has 0 atom stereocenters. The number of hydrogen-bond acceptors (Lipinski definition) is 3. The van der Waals surface area contributed by atoms with Gasteiger partial charge in [0.15, 0.2) is 0 Å². The van der Waals surface area contributed by atoms with E-state index < -0.39 is 0 Å². The van der Waals surface area contributed by atoms with Gasteiger partial charge in [0, 0.05) is 27.6 Å². The van der Waals surface area contributed by atoms with E-state index in [1.807, 2.05) is 6.92 Å². The molecule has 82 valence electrons. The van der Waals surface area contributed by atoms with Crippen molar-refractivity contribution in [3.05, 3.63) is 0 Å². The number of methoxy groups -OCH3 is 1. The van der Waals surface area contributed by atoms with Crippen LogP contribution in [0.25, 0.3) is 0 Å². The van der Waals surface area contributed by atoms with Crippen molar-refractivity contribution in [2.24, 2.45) is 0 Å². The second kappa shape index (κ2) is 6.37. The van der Waals surface area contributed by atoms with Crippen LogP contribution >= 0.6 is 0 Å². The Morgan fingerprint density at radius 3 is 2.07 bits per heavy atom. The van der Waals surface area contributed by atoms with Gasteiger partial charge in [0.1, 0.15) is 6.61 Å². The van der Waals surface area contributed by atoms with E-state index >= 15 is 0 Å². The number of hydrazine groups is 1. The van der Waals surface area contributed by atoms with Crippen LogP contribution in [0.1, 0.15) is 19.8 Å². The van der Waals surface area contributed by atoms with Gasteiger partial charge in [-0.2, -0.15) is 0 Å². The number of rotatable bonds is 4. The fourth-order valence-electron chi connectivity index (χ4n) is 0.927. The molecule has 0 spiro atoms. The average molecular weight is 202 g/mol. The summed E-state index contributed by atoms with van der Waals surface area (Å²) in [5.74, 6) is -0.307. The third-order valence-corrected chi connectivity index (χ3v) is 1.90. The van der Waals surface area contributed by atoms with Gasteiger partial charge in [0.05, 0.1) is 0 Å². The number of ether oxygens (including phenoxy) is 1. The summed E-state index contributed by atoms with van der Waals surface area (Å²) in [4.78, 5) is 22.7. The molecule has 5 heteroatoms. The van der Waals surface area contributed by atoms with Crippen LogP contribution in [0, 0.1) is 0 Å². The largest absolute Gasteiger partial charge is 0.375 e. The van der Waals surface area contributed by atoms with Gasteiger partial charge in [0.25, 0.3) is 5.91 Å². The number of carbonyl (C=O) groups excluding carboxylic acids is 2. The molecule has 0 saturated carbocycles. The SMILES string of the molecule is CCCC(=O)N(C)N(C)C(=O)COC. The van der Waals surface area contributed by atoms with Crippen molar-refractivity contribution >= 4 is 11.8 Å². The van der Waals surface area contributed by atoms with Gasteiger partial charge >= 0.3 is 0 Å². The summed E-state index contributed by atoms with van der Waals surface area (Å²) in [6.45, 7) is 1.91. The van der Waals surface area contributed by atoms with Gasteiger partial charge in [-0.15, -0.1) is 0 Å². The van der Waals surface area contributed by atoms with Crippen molar-refractivity contribution in [2.75, 3.05) is 27.8 Å². The molecule has 2 amide bonds. The highest BCUT2D eigenvalue weighted by molar-refractivity contribution is 5.82. The molecule has 0 N–H and O–H groups in total. The summed E-state index contributed by atoms with van der Waals surface area (Å²) < 4.78 is 4.69. The standard InChI is InChI=1S/C9H18N2O3/c1-5-6-8(12)10(2)11(3)9(13)7-14-4/h5-7H2,1-4H3. The maximum atomic E-state index is 11.4. The molecule has 0 fully saturated rings. The molecule has 5 nitrogen and oxygen atoms in total. The van der Waals surface area contributed by atoms with E-state index in [0.717, 1.165) is 6.42 Å². The first-order valence-corrected chi connectivity index (χ1v) is 4.56. The lowest BCUT2D eigenvalue weighted by Crippen LogP contribution is -2.46. The second-order valence-electron chi connectivity index (χ2n) is 3.02. The molecule has 0 saturated heterocycles. The summed E-state index contributed by atoms with van der Waals surface area (Å²) in [5, 5.41) is 2.58. The molecule has 0 aromatic rings. The van der Waals surface area contributed by atoms with Crippen LogP contribution in [0.4, 0.5) is 0 Å². The zero-order valence-corrected chi connectivity index (χ0v) is 9.24. The van der Waals surface area contributed by atoms with Crippen molar-refractivity contribution in [1.82, 2.24) is 10.0 Å². The van der Waals surface area contributed by atoms with E-state index in [1.165, 1.54) is 17.1 Å². The summed E-state index contributed by atoms with van der Waals surface area (Å²) in [5.41, 5.74) is 0. The third kappa shape index (κ3) is 3.74. The summed E-state index contributed by atoms with van der Waals surface area (Å²) in [6, 6.07) is 0. The molecule has 0 rings (SSSR count). The lowest BCUT2D eigenvalue weighted by Gasteiger charge is -2.27.